The third-order valence-electron chi connectivity index (χ3n) is 2.03. The second-order valence-corrected chi connectivity index (χ2v) is 4.67. The summed E-state index contributed by atoms with van der Waals surface area (Å²) in [5.41, 5.74) is -0.183. The van der Waals surface area contributed by atoms with Gasteiger partial charge < -0.3 is 10.1 Å². The maximum absolute atomic E-state index is 5.91. The highest BCUT2D eigenvalue weighted by atomic mass is 35.5. The Kier molecular flexibility index (Phi) is 4.50. The van der Waals surface area contributed by atoms with Crippen molar-refractivity contribution in [2.45, 2.75) is 32.7 Å². The monoisotopic (exact) mass is 243 g/mol. The van der Waals surface area contributed by atoms with Crippen LogP contribution in [0.5, 0.6) is 0 Å². The highest BCUT2D eigenvalue weighted by molar-refractivity contribution is 6.29. The molecule has 90 valence electrons. The van der Waals surface area contributed by atoms with E-state index >= 15 is 0 Å². The van der Waals surface area contributed by atoms with Gasteiger partial charge in [-0.1, -0.05) is 18.5 Å². The Labute approximate surface area is 101 Å². The van der Waals surface area contributed by atoms with Gasteiger partial charge in [0.15, 0.2) is 0 Å². The molecule has 0 saturated carbocycles. The molecule has 1 rings (SSSR count). The van der Waals surface area contributed by atoms with Crippen LogP contribution < -0.4 is 5.32 Å². The summed E-state index contributed by atoms with van der Waals surface area (Å²) >= 11 is 5.91. The molecule has 0 aliphatic carbocycles. The molecular formula is C11H18ClN3O. The van der Waals surface area contributed by atoms with Crippen LogP contribution in [0.3, 0.4) is 0 Å². The van der Waals surface area contributed by atoms with Gasteiger partial charge in [0.25, 0.3) is 0 Å². The molecule has 1 N–H and O–H groups in total. The lowest BCUT2D eigenvalue weighted by molar-refractivity contribution is 0.158. The Bertz CT molecular complexity index is 355. The lowest BCUT2D eigenvalue weighted by Crippen LogP contribution is -2.36. The van der Waals surface area contributed by atoms with E-state index < -0.39 is 0 Å². The Hall–Kier alpha value is -0.870. The van der Waals surface area contributed by atoms with Crippen LogP contribution in [0.2, 0.25) is 5.15 Å². The minimum Gasteiger partial charge on any atom is -0.382 e. The third kappa shape index (κ3) is 3.94. The summed E-state index contributed by atoms with van der Waals surface area (Å²) in [4.78, 5) is 8.47. The Balaban J connectivity index is 2.84. The molecule has 5 heteroatoms. The van der Waals surface area contributed by atoms with Gasteiger partial charge >= 0.3 is 0 Å². The van der Waals surface area contributed by atoms with Gasteiger partial charge in [-0.2, -0.15) is 0 Å². The van der Waals surface area contributed by atoms with Gasteiger partial charge in [-0.15, -0.1) is 0 Å². The summed E-state index contributed by atoms with van der Waals surface area (Å²) < 4.78 is 5.13. The Morgan fingerprint density at radius 2 is 2.12 bits per heavy atom. The SMILES string of the molecule is CCc1nc(Cl)cc(NC(C)(C)COC)n1. The largest absolute Gasteiger partial charge is 0.382 e. The van der Waals surface area contributed by atoms with Crippen LogP contribution in [0.25, 0.3) is 0 Å². The number of halogens is 1. The van der Waals surface area contributed by atoms with Crippen molar-refractivity contribution in [3.63, 3.8) is 0 Å². The number of anilines is 1. The second kappa shape index (κ2) is 5.46. The summed E-state index contributed by atoms with van der Waals surface area (Å²) in [5.74, 6) is 1.47. The standard InChI is InChI=1S/C11H18ClN3O/c1-5-9-13-8(12)6-10(14-9)15-11(2,3)7-16-4/h6H,5,7H2,1-4H3,(H,13,14,15). The minimum absolute atomic E-state index is 0.183. The highest BCUT2D eigenvalue weighted by Gasteiger charge is 2.18. The van der Waals surface area contributed by atoms with Crippen LogP contribution in [0, 0.1) is 0 Å². The molecule has 0 aliphatic heterocycles. The number of hydrogen-bond acceptors (Lipinski definition) is 4. The molecule has 0 saturated heterocycles. The lowest BCUT2D eigenvalue weighted by Gasteiger charge is -2.26. The number of nitrogens with one attached hydrogen (secondary N) is 1. The molecule has 0 bridgehead atoms. The average Bonchev–Trinajstić information content (AvgIpc) is 2.15. The normalized spacial score (nSPS) is 11.6. The van der Waals surface area contributed by atoms with Crippen molar-refractivity contribution < 1.29 is 4.74 Å². The number of rotatable bonds is 5. The first-order valence-corrected chi connectivity index (χ1v) is 5.65. The zero-order valence-corrected chi connectivity index (χ0v) is 10.9. The molecule has 1 aromatic heterocycles. The molecule has 0 atom stereocenters. The fourth-order valence-electron chi connectivity index (χ4n) is 1.43. The molecule has 0 amide bonds. The van der Waals surface area contributed by atoms with E-state index in [1.165, 1.54) is 0 Å². The smallest absolute Gasteiger partial charge is 0.134 e. The van der Waals surface area contributed by atoms with Crippen LogP contribution in [-0.4, -0.2) is 29.2 Å². The maximum atomic E-state index is 5.91. The van der Waals surface area contributed by atoms with Gasteiger partial charge in [0.1, 0.15) is 16.8 Å². The molecule has 0 radical (unpaired) electrons. The Morgan fingerprint density at radius 1 is 1.44 bits per heavy atom. The summed E-state index contributed by atoms with van der Waals surface area (Å²) in [6, 6.07) is 1.72. The van der Waals surface area contributed by atoms with Crippen molar-refractivity contribution in [1.82, 2.24) is 9.97 Å². The molecule has 0 unspecified atom stereocenters. The number of methoxy groups -OCH3 is 1. The molecule has 0 spiro atoms. The fraction of sp³-hybridized carbons (Fsp3) is 0.636. The van der Waals surface area contributed by atoms with Crippen LogP contribution in [0.15, 0.2) is 6.07 Å². The third-order valence-corrected chi connectivity index (χ3v) is 2.22. The Morgan fingerprint density at radius 3 is 2.69 bits per heavy atom. The molecule has 0 aromatic carbocycles. The van der Waals surface area contributed by atoms with E-state index in [9.17, 15) is 0 Å². The zero-order valence-electron chi connectivity index (χ0n) is 10.2. The summed E-state index contributed by atoms with van der Waals surface area (Å²) in [6.07, 6.45) is 0.764. The molecule has 0 aliphatic rings. The van der Waals surface area contributed by atoms with Crippen molar-refractivity contribution in [3.8, 4) is 0 Å². The topological polar surface area (TPSA) is 47.0 Å². The van der Waals surface area contributed by atoms with Gasteiger partial charge in [-0.3, -0.25) is 0 Å². The lowest BCUT2D eigenvalue weighted by atomic mass is 10.1. The van der Waals surface area contributed by atoms with Crippen molar-refractivity contribution in [3.05, 3.63) is 17.0 Å². The number of aryl methyl sites for hydroxylation is 1. The van der Waals surface area contributed by atoms with E-state index in [2.05, 4.69) is 15.3 Å². The van der Waals surface area contributed by atoms with Gasteiger partial charge in [-0.25, -0.2) is 9.97 Å². The van der Waals surface area contributed by atoms with Crippen LogP contribution in [0.1, 0.15) is 26.6 Å². The van der Waals surface area contributed by atoms with E-state index in [-0.39, 0.29) is 5.54 Å². The van der Waals surface area contributed by atoms with E-state index in [1.807, 2.05) is 20.8 Å². The molecule has 4 nitrogen and oxygen atoms in total. The van der Waals surface area contributed by atoms with Crippen LogP contribution >= 0.6 is 11.6 Å². The molecule has 0 fully saturated rings. The quantitative estimate of drug-likeness (QED) is 0.808. The van der Waals surface area contributed by atoms with Crippen molar-refractivity contribution in [2.75, 3.05) is 19.0 Å². The minimum atomic E-state index is -0.183. The number of ether oxygens (including phenoxy) is 1. The van der Waals surface area contributed by atoms with Gasteiger partial charge in [0, 0.05) is 19.6 Å². The number of nitrogens with zero attached hydrogens (tertiary/aromatic N) is 2. The first-order valence-electron chi connectivity index (χ1n) is 5.27. The number of aromatic nitrogens is 2. The first-order chi connectivity index (χ1) is 7.46. The molecule has 1 heterocycles. The van der Waals surface area contributed by atoms with Crippen LogP contribution in [-0.2, 0) is 11.2 Å². The maximum Gasteiger partial charge on any atom is 0.134 e. The molecular weight excluding hydrogens is 226 g/mol. The number of hydrogen-bond donors (Lipinski definition) is 1. The molecule has 16 heavy (non-hydrogen) atoms. The second-order valence-electron chi connectivity index (χ2n) is 4.29. The molecule has 1 aromatic rings. The van der Waals surface area contributed by atoms with Crippen LogP contribution in [0.4, 0.5) is 5.82 Å². The highest BCUT2D eigenvalue weighted by Crippen LogP contribution is 2.16. The average molecular weight is 244 g/mol. The zero-order chi connectivity index (χ0) is 12.2. The van der Waals surface area contributed by atoms with E-state index in [1.54, 1.807) is 13.2 Å². The van der Waals surface area contributed by atoms with Gasteiger partial charge in [0.2, 0.25) is 0 Å². The van der Waals surface area contributed by atoms with Gasteiger partial charge in [0.05, 0.1) is 12.1 Å². The summed E-state index contributed by atoms with van der Waals surface area (Å²) in [7, 11) is 1.67. The van der Waals surface area contributed by atoms with E-state index in [0.29, 0.717) is 11.8 Å². The summed E-state index contributed by atoms with van der Waals surface area (Å²) in [6.45, 7) is 6.67. The van der Waals surface area contributed by atoms with Crippen molar-refractivity contribution >= 4 is 17.4 Å². The summed E-state index contributed by atoms with van der Waals surface area (Å²) in [5, 5.41) is 3.73. The van der Waals surface area contributed by atoms with E-state index in [0.717, 1.165) is 18.1 Å². The fourth-order valence-corrected chi connectivity index (χ4v) is 1.63. The van der Waals surface area contributed by atoms with E-state index in [4.69, 9.17) is 16.3 Å². The van der Waals surface area contributed by atoms with Gasteiger partial charge in [-0.05, 0) is 13.8 Å². The predicted molar refractivity (Wildman–Crippen MR) is 66.0 cm³/mol. The predicted octanol–water partition coefficient (Wildman–Crippen LogP) is 2.53. The first kappa shape index (κ1) is 13.2. The van der Waals surface area contributed by atoms with Crippen molar-refractivity contribution in [1.29, 1.82) is 0 Å². The van der Waals surface area contributed by atoms with Crippen molar-refractivity contribution in [2.24, 2.45) is 0 Å².